The molecule has 2 aromatic rings. The SMILES string of the molecule is [N-]=[N+]=Nc1[nH]nc2ccccc12. The number of H-pyrrole nitrogens is 1. The number of hydrogen-bond donors (Lipinski definition) is 1. The number of nitrogens with one attached hydrogen (secondary N) is 1. The quantitative estimate of drug-likeness (QED) is 0.387. The fourth-order valence-corrected chi connectivity index (χ4v) is 1.07. The molecule has 12 heavy (non-hydrogen) atoms. The molecule has 0 aliphatic heterocycles. The van der Waals surface area contributed by atoms with Crippen molar-refractivity contribution in [1.82, 2.24) is 10.2 Å². The van der Waals surface area contributed by atoms with Gasteiger partial charge in [-0.1, -0.05) is 18.2 Å². The summed E-state index contributed by atoms with van der Waals surface area (Å²) in [6, 6.07) is 7.45. The average molecular weight is 159 g/mol. The molecule has 0 bridgehead atoms. The summed E-state index contributed by atoms with van der Waals surface area (Å²) in [5.74, 6) is 0.466. The van der Waals surface area contributed by atoms with Crippen LogP contribution < -0.4 is 0 Å². The molecule has 2 rings (SSSR count). The van der Waals surface area contributed by atoms with Crippen molar-refractivity contribution in [3.8, 4) is 0 Å². The van der Waals surface area contributed by atoms with Crippen molar-refractivity contribution < 1.29 is 0 Å². The van der Waals surface area contributed by atoms with Crippen LogP contribution in [0.2, 0.25) is 0 Å². The van der Waals surface area contributed by atoms with Crippen LogP contribution in [-0.2, 0) is 0 Å². The number of benzene rings is 1. The number of fused-ring (bicyclic) bond motifs is 1. The zero-order chi connectivity index (χ0) is 8.39. The number of aromatic amines is 1. The van der Waals surface area contributed by atoms with Crippen molar-refractivity contribution in [2.75, 3.05) is 0 Å². The van der Waals surface area contributed by atoms with E-state index in [0.717, 1.165) is 10.9 Å². The van der Waals surface area contributed by atoms with Crippen molar-refractivity contribution in [1.29, 1.82) is 0 Å². The highest BCUT2D eigenvalue weighted by Gasteiger charge is 1.99. The number of nitrogens with zero attached hydrogens (tertiary/aromatic N) is 4. The molecule has 0 radical (unpaired) electrons. The number of azide groups is 1. The summed E-state index contributed by atoms with van der Waals surface area (Å²) >= 11 is 0. The van der Waals surface area contributed by atoms with Gasteiger partial charge in [0, 0.05) is 10.3 Å². The Balaban J connectivity index is 2.78. The normalized spacial score (nSPS) is 9.67. The third kappa shape index (κ3) is 0.889. The molecule has 0 aliphatic carbocycles. The van der Waals surface area contributed by atoms with Crippen molar-refractivity contribution in [3.63, 3.8) is 0 Å². The molecule has 0 fully saturated rings. The molecule has 0 saturated heterocycles. The van der Waals surface area contributed by atoms with E-state index >= 15 is 0 Å². The van der Waals surface area contributed by atoms with E-state index in [1.54, 1.807) is 0 Å². The van der Waals surface area contributed by atoms with Gasteiger partial charge in [0.05, 0.1) is 5.52 Å². The molecular weight excluding hydrogens is 154 g/mol. The Hall–Kier alpha value is -2.00. The second-order valence-electron chi connectivity index (χ2n) is 2.28. The minimum Gasteiger partial charge on any atom is -0.275 e. The first kappa shape index (κ1) is 6.69. The van der Waals surface area contributed by atoms with Gasteiger partial charge in [-0.2, -0.15) is 5.10 Å². The van der Waals surface area contributed by atoms with E-state index < -0.39 is 0 Å². The molecule has 58 valence electrons. The van der Waals surface area contributed by atoms with E-state index in [1.807, 2.05) is 24.3 Å². The number of para-hydroxylation sites is 1. The molecule has 0 spiro atoms. The summed E-state index contributed by atoms with van der Waals surface area (Å²) in [6.07, 6.45) is 0. The minimum atomic E-state index is 0.466. The summed E-state index contributed by atoms with van der Waals surface area (Å²) in [7, 11) is 0. The van der Waals surface area contributed by atoms with Gasteiger partial charge in [-0.25, -0.2) is 0 Å². The highest BCUT2D eigenvalue weighted by molar-refractivity contribution is 5.87. The summed E-state index contributed by atoms with van der Waals surface area (Å²) < 4.78 is 0. The van der Waals surface area contributed by atoms with Crippen LogP contribution in [0.4, 0.5) is 5.82 Å². The molecule has 1 aromatic heterocycles. The second-order valence-corrected chi connectivity index (χ2v) is 2.28. The van der Waals surface area contributed by atoms with E-state index in [1.165, 1.54) is 0 Å². The van der Waals surface area contributed by atoms with Crippen LogP contribution in [0.15, 0.2) is 29.4 Å². The maximum absolute atomic E-state index is 8.21. The third-order valence-corrected chi connectivity index (χ3v) is 1.59. The first-order valence-electron chi connectivity index (χ1n) is 3.40. The van der Waals surface area contributed by atoms with Crippen LogP contribution in [0, 0.1) is 0 Å². The largest absolute Gasteiger partial charge is 0.275 e. The Morgan fingerprint density at radius 2 is 2.25 bits per heavy atom. The van der Waals surface area contributed by atoms with Gasteiger partial charge < -0.3 is 0 Å². The maximum Gasteiger partial charge on any atom is 0.129 e. The van der Waals surface area contributed by atoms with Gasteiger partial charge in [0.25, 0.3) is 0 Å². The van der Waals surface area contributed by atoms with E-state index in [-0.39, 0.29) is 0 Å². The Labute approximate surface area is 67.6 Å². The van der Waals surface area contributed by atoms with E-state index in [0.29, 0.717) is 5.82 Å². The summed E-state index contributed by atoms with van der Waals surface area (Å²) in [5.41, 5.74) is 9.01. The molecule has 0 atom stereocenters. The highest BCUT2D eigenvalue weighted by atomic mass is 15.2. The minimum absolute atomic E-state index is 0.466. The highest BCUT2D eigenvalue weighted by Crippen LogP contribution is 2.21. The smallest absolute Gasteiger partial charge is 0.129 e. The Morgan fingerprint density at radius 3 is 3.08 bits per heavy atom. The second kappa shape index (κ2) is 2.56. The summed E-state index contributed by atoms with van der Waals surface area (Å²) in [5, 5.41) is 10.9. The van der Waals surface area contributed by atoms with Crippen LogP contribution >= 0.6 is 0 Å². The van der Waals surface area contributed by atoms with Crippen molar-refractivity contribution in [2.24, 2.45) is 5.11 Å². The number of rotatable bonds is 1. The molecule has 1 aromatic carbocycles. The summed E-state index contributed by atoms with van der Waals surface area (Å²) in [4.78, 5) is 2.68. The number of aromatic nitrogens is 2. The lowest BCUT2D eigenvalue weighted by Crippen LogP contribution is -1.63. The lowest BCUT2D eigenvalue weighted by atomic mass is 10.2. The molecule has 1 N–H and O–H groups in total. The van der Waals surface area contributed by atoms with Crippen molar-refractivity contribution in [2.45, 2.75) is 0 Å². The van der Waals surface area contributed by atoms with Crippen molar-refractivity contribution in [3.05, 3.63) is 34.7 Å². The molecule has 0 saturated carbocycles. The van der Waals surface area contributed by atoms with Gasteiger partial charge in [-0.3, -0.25) is 5.10 Å². The lowest BCUT2D eigenvalue weighted by molar-refractivity contribution is 1.10. The summed E-state index contributed by atoms with van der Waals surface area (Å²) in [6.45, 7) is 0. The van der Waals surface area contributed by atoms with Crippen LogP contribution in [0.5, 0.6) is 0 Å². The van der Waals surface area contributed by atoms with Crippen molar-refractivity contribution >= 4 is 16.7 Å². The molecule has 5 nitrogen and oxygen atoms in total. The fourth-order valence-electron chi connectivity index (χ4n) is 1.07. The first-order valence-corrected chi connectivity index (χ1v) is 3.40. The van der Waals surface area contributed by atoms with Gasteiger partial charge in [0.2, 0.25) is 0 Å². The monoisotopic (exact) mass is 159 g/mol. The number of hydrogen-bond acceptors (Lipinski definition) is 2. The maximum atomic E-state index is 8.21. The Bertz CT molecular complexity index is 452. The van der Waals surface area contributed by atoms with Gasteiger partial charge in [-0.15, -0.1) is 0 Å². The van der Waals surface area contributed by atoms with E-state index in [9.17, 15) is 0 Å². The average Bonchev–Trinajstić information content (AvgIpc) is 2.50. The van der Waals surface area contributed by atoms with Gasteiger partial charge in [0.15, 0.2) is 0 Å². The predicted octanol–water partition coefficient (Wildman–Crippen LogP) is 2.50. The molecular formula is C7H5N5. The van der Waals surface area contributed by atoms with Crippen LogP contribution in [-0.4, -0.2) is 10.2 Å². The first-order chi connectivity index (χ1) is 5.92. The zero-order valence-electron chi connectivity index (χ0n) is 6.10. The van der Waals surface area contributed by atoms with Crippen LogP contribution in [0.1, 0.15) is 0 Å². The topological polar surface area (TPSA) is 77.4 Å². The molecule has 0 aliphatic rings. The fraction of sp³-hybridized carbons (Fsp3) is 0. The van der Waals surface area contributed by atoms with Gasteiger partial charge in [0.1, 0.15) is 5.82 Å². The standard InChI is InChI=1S/C7H5N5/c8-12-11-7-5-3-1-2-4-6(5)9-10-7/h1-4H,(H,9,10). The van der Waals surface area contributed by atoms with E-state index in [4.69, 9.17) is 5.53 Å². The molecule has 1 heterocycles. The molecule has 0 amide bonds. The molecule has 5 heteroatoms. The Morgan fingerprint density at radius 1 is 1.42 bits per heavy atom. The van der Waals surface area contributed by atoms with Crippen LogP contribution in [0.25, 0.3) is 21.3 Å². The lowest BCUT2D eigenvalue weighted by Gasteiger charge is -1.84. The van der Waals surface area contributed by atoms with Crippen LogP contribution in [0.3, 0.4) is 0 Å². The molecule has 0 unspecified atom stereocenters. The zero-order valence-corrected chi connectivity index (χ0v) is 6.10. The van der Waals surface area contributed by atoms with E-state index in [2.05, 4.69) is 20.2 Å². The Kier molecular flexibility index (Phi) is 1.43. The third-order valence-electron chi connectivity index (χ3n) is 1.59. The van der Waals surface area contributed by atoms with Gasteiger partial charge in [-0.05, 0) is 16.7 Å². The predicted molar refractivity (Wildman–Crippen MR) is 44.9 cm³/mol. The van der Waals surface area contributed by atoms with Gasteiger partial charge >= 0.3 is 0 Å².